The fourth-order valence-electron chi connectivity index (χ4n) is 8.17. The Kier molecular flexibility index (Phi) is 13.8. The van der Waals surface area contributed by atoms with E-state index in [0.29, 0.717) is 30.0 Å². The monoisotopic (exact) mass is 659 g/mol. The van der Waals surface area contributed by atoms with E-state index in [2.05, 4.69) is 124 Å². The number of hydrogen-bond donors (Lipinski definition) is 3. The molecule has 0 saturated carbocycles. The molecule has 2 aliphatic rings. The summed E-state index contributed by atoms with van der Waals surface area (Å²) in [5.41, 5.74) is 7.50. The molecule has 8 heteroatoms. The molecule has 2 fully saturated rings. The zero-order valence-electron chi connectivity index (χ0n) is 34.1. The second-order valence-corrected chi connectivity index (χ2v) is 19.6. The molecule has 0 bridgehead atoms. The first kappa shape index (κ1) is 41.7. The van der Waals surface area contributed by atoms with E-state index in [4.69, 9.17) is 20.7 Å². The maximum Gasteiger partial charge on any atom is 0.228 e. The van der Waals surface area contributed by atoms with Crippen molar-refractivity contribution in [3.05, 3.63) is 0 Å². The van der Waals surface area contributed by atoms with Gasteiger partial charge in [0.25, 0.3) is 0 Å². The SMILES string of the molecule is CC(C)=N/C(=N\C(N)=NC(C)(C)C(C)(C)C)N(CCCCCCN(C(C)C)C1CC(C)(C)NC(C)(C)C1)C1CC(C)(C)NC(C)(C)C1. The van der Waals surface area contributed by atoms with Crippen LogP contribution in [0, 0.1) is 5.41 Å². The van der Waals surface area contributed by atoms with Crippen LogP contribution in [0.5, 0.6) is 0 Å². The van der Waals surface area contributed by atoms with Crippen molar-refractivity contribution in [2.45, 2.75) is 215 Å². The number of guanidine groups is 2. The molecule has 2 aliphatic heterocycles. The van der Waals surface area contributed by atoms with E-state index in [9.17, 15) is 0 Å². The molecule has 2 heterocycles. The van der Waals surface area contributed by atoms with Crippen LogP contribution in [0.1, 0.15) is 169 Å². The number of rotatable bonds is 11. The Bertz CT molecular complexity index is 1070. The molecule has 47 heavy (non-hydrogen) atoms. The molecule has 0 aromatic heterocycles. The minimum absolute atomic E-state index is 0.00663. The number of nitrogens with two attached hydrogens (primary N) is 1. The van der Waals surface area contributed by atoms with E-state index in [0.717, 1.165) is 38.1 Å². The van der Waals surface area contributed by atoms with E-state index in [-0.39, 0.29) is 33.1 Å². The first-order valence-corrected chi connectivity index (χ1v) is 18.7. The quantitative estimate of drug-likeness (QED) is 0.118. The zero-order chi connectivity index (χ0) is 36.2. The third-order valence-electron chi connectivity index (χ3n) is 10.5. The van der Waals surface area contributed by atoms with Gasteiger partial charge in [-0.3, -0.25) is 4.90 Å². The standard InChI is InChI=1S/C39H78N8/c1-28(2)41-33(42-32(40)43-39(16,17)34(5,6)7)47(31-26-37(12,13)45-38(14,15)27-31)23-21-19-18-20-22-46(29(3)4)30-24-35(8,9)44-36(10,11)25-30/h29-31,44-45H,18-27H2,1-17H3,(H2,40,43)/b42-33+. The highest BCUT2D eigenvalue weighted by Crippen LogP contribution is 2.35. The number of piperidine rings is 2. The molecule has 0 aromatic rings. The van der Waals surface area contributed by atoms with Crippen molar-refractivity contribution in [2.24, 2.45) is 26.1 Å². The van der Waals surface area contributed by atoms with Crippen LogP contribution in [-0.4, -0.2) is 86.3 Å². The fourth-order valence-corrected chi connectivity index (χ4v) is 8.17. The third-order valence-corrected chi connectivity index (χ3v) is 10.5. The van der Waals surface area contributed by atoms with Crippen molar-refractivity contribution in [3.63, 3.8) is 0 Å². The van der Waals surface area contributed by atoms with Gasteiger partial charge in [0.15, 0.2) is 0 Å². The van der Waals surface area contributed by atoms with Gasteiger partial charge >= 0.3 is 0 Å². The summed E-state index contributed by atoms with van der Waals surface area (Å²) in [6.45, 7) is 40.5. The highest BCUT2D eigenvalue weighted by atomic mass is 15.3. The van der Waals surface area contributed by atoms with E-state index < -0.39 is 0 Å². The van der Waals surface area contributed by atoms with Gasteiger partial charge in [0, 0.05) is 52.5 Å². The van der Waals surface area contributed by atoms with Crippen molar-refractivity contribution >= 4 is 17.6 Å². The van der Waals surface area contributed by atoms with Crippen molar-refractivity contribution in [2.75, 3.05) is 13.1 Å². The smallest absolute Gasteiger partial charge is 0.228 e. The molecule has 2 saturated heterocycles. The minimum atomic E-state index is -0.357. The summed E-state index contributed by atoms with van der Waals surface area (Å²) < 4.78 is 0. The summed E-state index contributed by atoms with van der Waals surface area (Å²) in [4.78, 5) is 20.1. The van der Waals surface area contributed by atoms with Crippen molar-refractivity contribution < 1.29 is 0 Å². The van der Waals surface area contributed by atoms with Gasteiger partial charge in [0.1, 0.15) is 0 Å². The number of unbranched alkanes of at least 4 members (excludes halogenated alkanes) is 3. The second kappa shape index (κ2) is 15.6. The Morgan fingerprint density at radius 2 is 1.13 bits per heavy atom. The van der Waals surface area contributed by atoms with E-state index in [1.165, 1.54) is 32.1 Å². The highest BCUT2D eigenvalue weighted by molar-refractivity contribution is 6.00. The summed E-state index contributed by atoms with van der Waals surface area (Å²) >= 11 is 0. The molecule has 0 aromatic carbocycles. The molecular weight excluding hydrogens is 580 g/mol. The molecule has 2 rings (SSSR count). The molecule has 0 radical (unpaired) electrons. The average Bonchev–Trinajstić information content (AvgIpc) is 2.79. The summed E-state index contributed by atoms with van der Waals surface area (Å²) in [5, 5.41) is 7.73. The minimum Gasteiger partial charge on any atom is -0.368 e. The number of aliphatic imine (C=N–C) groups is 3. The predicted molar refractivity (Wildman–Crippen MR) is 207 cm³/mol. The maximum atomic E-state index is 6.59. The Morgan fingerprint density at radius 1 is 0.702 bits per heavy atom. The molecule has 8 nitrogen and oxygen atoms in total. The fraction of sp³-hybridized carbons (Fsp3) is 0.923. The van der Waals surface area contributed by atoms with Crippen LogP contribution in [0.2, 0.25) is 0 Å². The summed E-state index contributed by atoms with van der Waals surface area (Å²) in [6.07, 6.45) is 9.18. The Balaban J connectivity index is 2.25. The van der Waals surface area contributed by atoms with Crippen LogP contribution in [0.15, 0.2) is 15.0 Å². The van der Waals surface area contributed by atoms with Crippen molar-refractivity contribution in [3.8, 4) is 0 Å². The lowest BCUT2D eigenvalue weighted by Gasteiger charge is -2.50. The van der Waals surface area contributed by atoms with Gasteiger partial charge in [-0.2, -0.15) is 4.99 Å². The lowest BCUT2D eigenvalue weighted by atomic mass is 9.77. The molecule has 0 atom stereocenters. The van der Waals surface area contributed by atoms with Crippen molar-refractivity contribution in [1.29, 1.82) is 0 Å². The van der Waals surface area contributed by atoms with Gasteiger partial charge in [0.05, 0.1) is 5.54 Å². The molecule has 0 aliphatic carbocycles. The lowest BCUT2D eigenvalue weighted by molar-refractivity contribution is 0.0465. The summed E-state index contributed by atoms with van der Waals surface area (Å²) in [5.74, 6) is 1.01. The summed E-state index contributed by atoms with van der Waals surface area (Å²) in [6, 6.07) is 1.47. The van der Waals surface area contributed by atoms with Gasteiger partial charge in [-0.15, -0.1) is 0 Å². The molecule has 274 valence electrons. The lowest BCUT2D eigenvalue weighted by Crippen LogP contribution is -2.63. The van der Waals surface area contributed by atoms with Crippen LogP contribution in [0.4, 0.5) is 0 Å². The van der Waals surface area contributed by atoms with Crippen LogP contribution >= 0.6 is 0 Å². The highest BCUT2D eigenvalue weighted by Gasteiger charge is 2.42. The van der Waals surface area contributed by atoms with Crippen LogP contribution < -0.4 is 16.4 Å². The normalized spacial score (nSPS) is 22.5. The first-order valence-electron chi connectivity index (χ1n) is 18.7. The predicted octanol–water partition coefficient (Wildman–Crippen LogP) is 8.15. The van der Waals surface area contributed by atoms with Crippen LogP contribution in [-0.2, 0) is 0 Å². The second-order valence-electron chi connectivity index (χ2n) is 19.6. The van der Waals surface area contributed by atoms with Gasteiger partial charge in [-0.1, -0.05) is 33.6 Å². The van der Waals surface area contributed by atoms with Gasteiger partial charge < -0.3 is 21.3 Å². The maximum absolute atomic E-state index is 6.59. The Labute approximate surface area is 291 Å². The first-order chi connectivity index (χ1) is 21.1. The Morgan fingerprint density at radius 3 is 1.53 bits per heavy atom. The largest absolute Gasteiger partial charge is 0.368 e. The average molecular weight is 659 g/mol. The molecule has 4 N–H and O–H groups in total. The Hall–Kier alpha value is -1.51. The van der Waals surface area contributed by atoms with E-state index in [1.54, 1.807) is 0 Å². The van der Waals surface area contributed by atoms with E-state index in [1.807, 2.05) is 13.8 Å². The number of hydrogen-bond acceptors (Lipinski definition) is 4. The topological polar surface area (TPSA) is 93.6 Å². The van der Waals surface area contributed by atoms with Gasteiger partial charge in [0.2, 0.25) is 11.9 Å². The van der Waals surface area contributed by atoms with E-state index >= 15 is 0 Å². The zero-order valence-corrected chi connectivity index (χ0v) is 34.1. The third kappa shape index (κ3) is 13.4. The molecule has 0 spiro atoms. The van der Waals surface area contributed by atoms with Gasteiger partial charge in [-0.25, -0.2) is 9.98 Å². The van der Waals surface area contributed by atoms with Crippen molar-refractivity contribution in [1.82, 2.24) is 20.4 Å². The number of nitrogens with zero attached hydrogens (tertiary/aromatic N) is 5. The molecular formula is C39H78N8. The van der Waals surface area contributed by atoms with Crippen LogP contribution in [0.3, 0.4) is 0 Å². The molecule has 0 unspecified atom stereocenters. The summed E-state index contributed by atoms with van der Waals surface area (Å²) in [7, 11) is 0. The van der Waals surface area contributed by atoms with Crippen LogP contribution in [0.25, 0.3) is 0 Å². The van der Waals surface area contributed by atoms with Gasteiger partial charge in [-0.05, 0) is 147 Å². The molecule has 0 amide bonds. The number of nitrogens with one attached hydrogen (secondary N) is 2.